The van der Waals surface area contributed by atoms with Crippen LogP contribution in [0.5, 0.6) is 0 Å². The van der Waals surface area contributed by atoms with Gasteiger partial charge < -0.3 is 16.0 Å². The third-order valence-electron chi connectivity index (χ3n) is 5.41. The number of anilines is 6. The Morgan fingerprint density at radius 2 is 1.59 bits per heavy atom. The number of nitrogens with zero attached hydrogens (tertiary/aromatic N) is 5. The zero-order chi connectivity index (χ0) is 32.2. The minimum atomic E-state index is -4.98. The summed E-state index contributed by atoms with van der Waals surface area (Å²) < 4.78 is 52.8. The van der Waals surface area contributed by atoms with E-state index < -0.39 is 47.7 Å². The van der Waals surface area contributed by atoms with Crippen molar-refractivity contribution in [2.24, 2.45) is 0 Å². The van der Waals surface area contributed by atoms with Crippen LogP contribution in [0.4, 0.5) is 50.4 Å². The van der Waals surface area contributed by atoms with Gasteiger partial charge in [0, 0.05) is 22.3 Å². The minimum absolute atomic E-state index is 0.0751. The van der Waals surface area contributed by atoms with E-state index in [1.807, 2.05) is 0 Å². The molecule has 0 saturated carbocycles. The molecule has 3 aromatic carbocycles. The van der Waals surface area contributed by atoms with Crippen LogP contribution in [0.25, 0.3) is 0 Å². The molecule has 230 valence electrons. The van der Waals surface area contributed by atoms with E-state index in [0.717, 1.165) is 24.2 Å². The third kappa shape index (κ3) is 7.78. The van der Waals surface area contributed by atoms with Gasteiger partial charge >= 0.3 is 11.4 Å². The van der Waals surface area contributed by atoms with E-state index in [9.17, 15) is 37.6 Å². The quantitative estimate of drug-likeness (QED) is 0.0398. The van der Waals surface area contributed by atoms with Gasteiger partial charge in [-0.15, -0.1) is 4.33 Å². The molecule has 0 aliphatic rings. The summed E-state index contributed by atoms with van der Waals surface area (Å²) in [4.78, 5) is 32.3. The molecule has 1 aromatic heterocycles. The third-order valence-corrected chi connectivity index (χ3v) is 7.24. The molecule has 4 aromatic rings. The van der Waals surface area contributed by atoms with E-state index in [2.05, 4.69) is 40.3 Å². The number of hydrogen-bond donors (Lipinski definition) is 5. The molecule has 0 saturated heterocycles. The van der Waals surface area contributed by atoms with Gasteiger partial charge in [0.15, 0.2) is 0 Å². The van der Waals surface area contributed by atoms with E-state index in [1.54, 1.807) is 25.1 Å². The Morgan fingerprint density at radius 1 is 0.932 bits per heavy atom. The number of rotatable bonds is 12. The predicted octanol–water partition coefficient (Wildman–Crippen LogP) is 5.69. The van der Waals surface area contributed by atoms with Crippen LogP contribution in [0.15, 0.2) is 58.3 Å². The monoisotopic (exact) mass is 670 g/mol. The summed E-state index contributed by atoms with van der Waals surface area (Å²) in [6.07, 6.45) is 0. The van der Waals surface area contributed by atoms with Gasteiger partial charge in [0.1, 0.15) is 16.4 Å². The van der Waals surface area contributed by atoms with Crippen LogP contribution in [-0.2, 0) is 19.5 Å². The SMILES string of the molecule is Cc1cc(Nc2nc(Cl)nc(Nc3ccc(Nc4cc(F)cc([N+](=O)[O-])c4[N+](=O)[O-])cc3S(=O)(=O)O)n2)ccc1SOOO. The lowest BCUT2D eigenvalue weighted by atomic mass is 10.2. The summed E-state index contributed by atoms with van der Waals surface area (Å²) in [5.41, 5.74) is -2.18. The Hall–Kier alpha value is -4.77. The Bertz CT molecular complexity index is 1890. The molecule has 0 radical (unpaired) electrons. The highest BCUT2D eigenvalue weighted by atomic mass is 35.5. The van der Waals surface area contributed by atoms with E-state index in [0.29, 0.717) is 28.3 Å². The number of benzene rings is 3. The number of halogens is 2. The topological polar surface area (TPSA) is 254 Å². The number of nitro benzene ring substituents is 2. The van der Waals surface area contributed by atoms with Crippen molar-refractivity contribution < 1.29 is 41.8 Å². The fourth-order valence-corrected chi connectivity index (χ4v) is 4.92. The number of aromatic nitrogens is 3. The maximum atomic E-state index is 14.0. The minimum Gasteiger partial charge on any atom is -0.350 e. The molecular weight excluding hydrogens is 655 g/mol. The van der Waals surface area contributed by atoms with Gasteiger partial charge in [-0.2, -0.15) is 23.4 Å². The van der Waals surface area contributed by atoms with E-state index >= 15 is 0 Å². The summed E-state index contributed by atoms with van der Waals surface area (Å²) >= 11 is 6.78. The Labute approximate surface area is 254 Å². The Kier molecular flexibility index (Phi) is 9.68. The summed E-state index contributed by atoms with van der Waals surface area (Å²) in [7, 11) is -4.98. The highest BCUT2D eigenvalue weighted by molar-refractivity contribution is 7.94. The van der Waals surface area contributed by atoms with Crippen molar-refractivity contribution in [3.8, 4) is 0 Å². The average Bonchev–Trinajstić information content (AvgIpc) is 2.92. The van der Waals surface area contributed by atoms with Crippen molar-refractivity contribution in [2.75, 3.05) is 16.0 Å². The number of aryl methyl sites for hydroxylation is 1. The second kappa shape index (κ2) is 13.3. The molecule has 0 fully saturated rings. The fraction of sp³-hybridized carbons (Fsp3) is 0.0455. The molecule has 0 aliphatic heterocycles. The molecule has 22 heteroatoms. The van der Waals surface area contributed by atoms with Crippen molar-refractivity contribution in [3.63, 3.8) is 0 Å². The molecule has 0 atom stereocenters. The number of nitro groups is 2. The molecule has 0 amide bonds. The Balaban J connectivity index is 1.65. The number of hydrogen-bond acceptors (Lipinski definition) is 16. The van der Waals surface area contributed by atoms with Gasteiger partial charge in [-0.25, -0.2) is 9.65 Å². The zero-order valence-electron chi connectivity index (χ0n) is 21.6. The molecule has 4 rings (SSSR count). The smallest absolute Gasteiger partial charge is 0.350 e. The summed E-state index contributed by atoms with van der Waals surface area (Å²) in [6, 6.07) is 9.00. The molecule has 0 spiro atoms. The van der Waals surface area contributed by atoms with Crippen LogP contribution < -0.4 is 16.0 Å². The maximum absolute atomic E-state index is 14.0. The first kappa shape index (κ1) is 32.2. The van der Waals surface area contributed by atoms with Crippen molar-refractivity contribution in [2.45, 2.75) is 16.7 Å². The molecule has 44 heavy (non-hydrogen) atoms. The molecule has 0 unspecified atom stereocenters. The highest BCUT2D eigenvalue weighted by Crippen LogP contribution is 2.38. The van der Waals surface area contributed by atoms with Crippen molar-refractivity contribution in [3.05, 3.63) is 85.4 Å². The van der Waals surface area contributed by atoms with Crippen LogP contribution >= 0.6 is 23.6 Å². The molecule has 1 heterocycles. The van der Waals surface area contributed by atoms with Crippen LogP contribution in [0.3, 0.4) is 0 Å². The lowest BCUT2D eigenvalue weighted by Crippen LogP contribution is -2.08. The van der Waals surface area contributed by atoms with Gasteiger partial charge in [0.05, 0.1) is 33.6 Å². The zero-order valence-corrected chi connectivity index (χ0v) is 24.0. The van der Waals surface area contributed by atoms with E-state index in [1.165, 1.54) is 6.07 Å². The van der Waals surface area contributed by atoms with Crippen LogP contribution in [0, 0.1) is 33.0 Å². The summed E-state index contributed by atoms with van der Waals surface area (Å²) in [5.74, 6) is -1.52. The van der Waals surface area contributed by atoms with Gasteiger partial charge in [0.25, 0.3) is 10.1 Å². The molecule has 0 bridgehead atoms. The Morgan fingerprint density at radius 3 is 2.20 bits per heavy atom. The second-order valence-electron chi connectivity index (χ2n) is 8.35. The largest absolute Gasteiger partial charge is 0.369 e. The molecule has 5 N–H and O–H groups in total. The predicted molar refractivity (Wildman–Crippen MR) is 152 cm³/mol. The number of nitrogens with one attached hydrogen (secondary N) is 3. The maximum Gasteiger partial charge on any atom is 0.369 e. The van der Waals surface area contributed by atoms with E-state index in [-0.39, 0.29) is 28.6 Å². The van der Waals surface area contributed by atoms with Gasteiger partial charge in [-0.05, 0) is 60.5 Å². The lowest BCUT2D eigenvalue weighted by molar-refractivity contribution is -0.432. The molecule has 18 nitrogen and oxygen atoms in total. The summed E-state index contributed by atoms with van der Waals surface area (Å²) in [6.45, 7) is 1.74. The second-order valence-corrected chi connectivity index (χ2v) is 10.8. The van der Waals surface area contributed by atoms with Crippen LogP contribution in [-0.4, -0.2) is 43.0 Å². The first-order chi connectivity index (χ1) is 20.7. The lowest BCUT2D eigenvalue weighted by Gasteiger charge is -2.14. The van der Waals surface area contributed by atoms with Gasteiger partial charge in [-0.3, -0.25) is 24.8 Å². The van der Waals surface area contributed by atoms with Gasteiger partial charge in [0.2, 0.25) is 17.2 Å². The fourth-order valence-electron chi connectivity index (χ4n) is 3.67. The average molecular weight is 671 g/mol. The van der Waals surface area contributed by atoms with Gasteiger partial charge in [-0.1, -0.05) is 5.04 Å². The first-order valence-corrected chi connectivity index (χ1v) is 14.0. The summed E-state index contributed by atoms with van der Waals surface area (Å²) in [5, 5.41) is 42.2. The highest BCUT2D eigenvalue weighted by Gasteiger charge is 2.30. The first-order valence-electron chi connectivity index (χ1n) is 11.5. The van der Waals surface area contributed by atoms with Crippen molar-refractivity contribution in [1.29, 1.82) is 0 Å². The van der Waals surface area contributed by atoms with Crippen LogP contribution in [0.1, 0.15) is 5.56 Å². The van der Waals surface area contributed by atoms with Crippen molar-refractivity contribution in [1.82, 2.24) is 15.0 Å². The van der Waals surface area contributed by atoms with Crippen LogP contribution in [0.2, 0.25) is 5.28 Å². The normalized spacial score (nSPS) is 11.2. The van der Waals surface area contributed by atoms with Crippen molar-refractivity contribution >= 4 is 79.8 Å². The molecular formula is C22H16ClFN8O10S2. The standard InChI is InChI=1S/C22H16ClFN8O10S2/c1-10-6-12(3-5-17(10)43-42-41-37)26-21-28-20(23)29-22(30-21)27-14-4-2-13(9-18(14)44(38,39)40)25-15-7-11(24)8-16(31(33)34)19(15)32(35)36/h2-9,25,37H,1H3,(H,38,39,40)(H2,26,27,28,29,30). The van der Waals surface area contributed by atoms with E-state index in [4.69, 9.17) is 16.9 Å². The molecule has 0 aliphatic carbocycles.